The lowest BCUT2D eigenvalue weighted by Crippen LogP contribution is -2.30. The third kappa shape index (κ3) is 5.82. The number of aliphatic hydroxyl groups excluding tert-OH is 1. The van der Waals surface area contributed by atoms with Crippen molar-refractivity contribution < 1.29 is 24.2 Å². The summed E-state index contributed by atoms with van der Waals surface area (Å²) in [6.07, 6.45) is 1.16. The first-order valence-corrected chi connectivity index (χ1v) is 11.5. The molecular formula is C20H17Br2IN2O5. The minimum atomic E-state index is -0.631. The number of nitrogens with one attached hydrogen (secondary N) is 2. The molecule has 3 rings (SSSR count). The van der Waals surface area contributed by atoms with Crippen molar-refractivity contribution in [2.24, 2.45) is 0 Å². The fraction of sp³-hybridized carbons (Fsp3) is 0.200. The molecule has 0 bridgehead atoms. The second kappa shape index (κ2) is 10.7. The van der Waals surface area contributed by atoms with E-state index in [0.29, 0.717) is 20.3 Å². The van der Waals surface area contributed by atoms with Gasteiger partial charge in [-0.1, -0.05) is 0 Å². The normalized spacial score (nSPS) is 13.9. The highest BCUT2D eigenvalue weighted by molar-refractivity contribution is 14.1. The summed E-state index contributed by atoms with van der Waals surface area (Å²) in [5, 5.41) is 14.1. The second-order valence-corrected chi connectivity index (χ2v) is 9.12. The van der Waals surface area contributed by atoms with Crippen LogP contribution in [-0.4, -0.2) is 43.5 Å². The van der Waals surface area contributed by atoms with Crippen LogP contribution in [-0.2, 0) is 9.53 Å². The number of carbonyl (C=O) groups is 2. The van der Waals surface area contributed by atoms with E-state index in [0.717, 1.165) is 20.4 Å². The molecule has 2 aromatic rings. The van der Waals surface area contributed by atoms with Crippen LogP contribution in [0.1, 0.15) is 11.1 Å². The van der Waals surface area contributed by atoms with E-state index in [4.69, 9.17) is 14.6 Å². The van der Waals surface area contributed by atoms with Gasteiger partial charge in [0.15, 0.2) is 5.75 Å². The van der Waals surface area contributed by atoms with Crippen LogP contribution in [0.5, 0.6) is 5.75 Å². The fourth-order valence-electron chi connectivity index (χ4n) is 2.75. The van der Waals surface area contributed by atoms with Gasteiger partial charge in [0.1, 0.15) is 0 Å². The number of carbonyl (C=O) groups excluding carboxylic acids is 2. The zero-order valence-corrected chi connectivity index (χ0v) is 20.8. The Labute approximate surface area is 203 Å². The lowest BCUT2D eigenvalue weighted by Gasteiger charge is -2.11. The molecule has 3 N–H and O–H groups in total. The number of anilines is 1. The van der Waals surface area contributed by atoms with Gasteiger partial charge in [-0.3, -0.25) is 4.79 Å². The average molecular weight is 652 g/mol. The van der Waals surface area contributed by atoms with E-state index in [1.54, 1.807) is 18.2 Å². The first-order chi connectivity index (χ1) is 14.4. The third-order valence-electron chi connectivity index (χ3n) is 4.04. The summed E-state index contributed by atoms with van der Waals surface area (Å²) in [5.74, 6) is 0.152. The van der Waals surface area contributed by atoms with Crippen LogP contribution >= 0.6 is 54.5 Å². The first-order valence-electron chi connectivity index (χ1n) is 8.85. The molecule has 0 radical (unpaired) electrons. The minimum Gasteiger partial charge on any atom is -0.408 e. The molecule has 30 heavy (non-hydrogen) atoms. The summed E-state index contributed by atoms with van der Waals surface area (Å²) in [5.41, 5.74) is 2.96. The molecule has 0 saturated carbocycles. The maximum Gasteiger partial charge on any atom is 0.412 e. The lowest BCUT2D eigenvalue weighted by molar-refractivity contribution is -0.110. The molecule has 0 saturated heterocycles. The van der Waals surface area contributed by atoms with Crippen molar-refractivity contribution in [2.45, 2.75) is 0 Å². The van der Waals surface area contributed by atoms with E-state index >= 15 is 0 Å². The number of hydrogen-bond donors (Lipinski definition) is 3. The predicted molar refractivity (Wildman–Crippen MR) is 129 cm³/mol. The molecule has 1 aliphatic heterocycles. The van der Waals surface area contributed by atoms with Crippen LogP contribution in [0.4, 0.5) is 10.5 Å². The molecule has 1 aliphatic rings. The smallest absolute Gasteiger partial charge is 0.408 e. The van der Waals surface area contributed by atoms with E-state index in [2.05, 4.69) is 65.1 Å². The average Bonchev–Trinajstić information content (AvgIpc) is 2.99. The van der Waals surface area contributed by atoms with Crippen LogP contribution in [0.3, 0.4) is 0 Å². The molecule has 7 nitrogen and oxygen atoms in total. The number of rotatable bonds is 7. The number of halogens is 3. The molecule has 10 heteroatoms. The van der Waals surface area contributed by atoms with Gasteiger partial charge in [-0.15, -0.1) is 0 Å². The summed E-state index contributed by atoms with van der Waals surface area (Å²) in [6, 6.07) is 9.31. The standard InChI is InChI=1S/C20H17Br2IN2O5/c21-15-8-11(7-14-13-10-12(23)1-2-17(13)25-19(14)27)9-16(22)18(15)30-20(28)24-3-5-29-6-4-26/h1-2,7-10,26H,3-6H2,(H,24,28)(H,25,27)/b14-7-. The Balaban J connectivity index is 1.74. The van der Waals surface area contributed by atoms with Gasteiger partial charge in [0, 0.05) is 26.9 Å². The molecule has 0 fully saturated rings. The van der Waals surface area contributed by atoms with E-state index in [1.165, 1.54) is 0 Å². The topological polar surface area (TPSA) is 96.9 Å². The number of amides is 2. The van der Waals surface area contributed by atoms with E-state index < -0.39 is 6.09 Å². The van der Waals surface area contributed by atoms with Gasteiger partial charge in [0.2, 0.25) is 0 Å². The first kappa shape index (κ1) is 23.2. The minimum absolute atomic E-state index is 0.0701. The van der Waals surface area contributed by atoms with Gasteiger partial charge in [-0.2, -0.15) is 0 Å². The summed E-state index contributed by atoms with van der Waals surface area (Å²) in [4.78, 5) is 24.4. The number of aliphatic hydroxyl groups is 1. The lowest BCUT2D eigenvalue weighted by atomic mass is 10.0. The molecule has 0 unspecified atom stereocenters. The highest BCUT2D eigenvalue weighted by Crippen LogP contribution is 2.38. The second-order valence-electron chi connectivity index (χ2n) is 6.17. The molecule has 1 heterocycles. The summed E-state index contributed by atoms with van der Waals surface area (Å²) < 4.78 is 12.6. The summed E-state index contributed by atoms with van der Waals surface area (Å²) in [7, 11) is 0. The highest BCUT2D eigenvalue weighted by atomic mass is 127. The van der Waals surface area contributed by atoms with Crippen molar-refractivity contribution in [2.75, 3.05) is 31.7 Å². The zero-order valence-electron chi connectivity index (χ0n) is 15.5. The Bertz CT molecular complexity index is 990. The molecule has 0 aliphatic carbocycles. The number of benzene rings is 2. The van der Waals surface area contributed by atoms with E-state index in [-0.39, 0.29) is 32.3 Å². The Kier molecular flexibility index (Phi) is 8.28. The van der Waals surface area contributed by atoms with Crippen LogP contribution in [0.15, 0.2) is 39.3 Å². The third-order valence-corrected chi connectivity index (χ3v) is 5.89. The molecule has 0 aromatic heterocycles. The van der Waals surface area contributed by atoms with Crippen molar-refractivity contribution in [3.05, 3.63) is 54.0 Å². The molecule has 0 spiro atoms. The Morgan fingerprint density at radius 3 is 2.63 bits per heavy atom. The fourth-order valence-corrected chi connectivity index (χ4v) is 4.63. The quantitative estimate of drug-likeness (QED) is 0.234. The van der Waals surface area contributed by atoms with Crippen LogP contribution in [0.2, 0.25) is 0 Å². The van der Waals surface area contributed by atoms with E-state index in [1.807, 2.05) is 18.2 Å². The molecule has 158 valence electrons. The van der Waals surface area contributed by atoms with Gasteiger partial charge < -0.3 is 25.2 Å². The van der Waals surface area contributed by atoms with Crippen molar-refractivity contribution in [1.29, 1.82) is 0 Å². The van der Waals surface area contributed by atoms with Crippen molar-refractivity contribution in [3.63, 3.8) is 0 Å². The Morgan fingerprint density at radius 1 is 1.20 bits per heavy atom. The number of fused-ring (bicyclic) bond motifs is 1. The van der Waals surface area contributed by atoms with Crippen LogP contribution in [0.25, 0.3) is 11.6 Å². The van der Waals surface area contributed by atoms with Crippen LogP contribution < -0.4 is 15.4 Å². The Hall–Kier alpha value is -1.47. The van der Waals surface area contributed by atoms with Gasteiger partial charge in [-0.25, -0.2) is 4.79 Å². The molecule has 0 atom stereocenters. The SMILES string of the molecule is O=C(NCCOCCO)Oc1c(Br)cc(/C=C2\C(=O)Nc3ccc(I)cc32)cc1Br. The highest BCUT2D eigenvalue weighted by Gasteiger charge is 2.24. The summed E-state index contributed by atoms with van der Waals surface area (Å²) >= 11 is 9.04. The van der Waals surface area contributed by atoms with Gasteiger partial charge in [0.25, 0.3) is 5.91 Å². The largest absolute Gasteiger partial charge is 0.412 e. The van der Waals surface area contributed by atoms with Gasteiger partial charge >= 0.3 is 6.09 Å². The van der Waals surface area contributed by atoms with Crippen LogP contribution in [0, 0.1) is 3.57 Å². The molecule has 2 amide bonds. The van der Waals surface area contributed by atoms with E-state index in [9.17, 15) is 9.59 Å². The number of ether oxygens (including phenoxy) is 2. The van der Waals surface area contributed by atoms with Crippen molar-refractivity contribution >= 4 is 83.8 Å². The maximum atomic E-state index is 12.4. The van der Waals surface area contributed by atoms with Gasteiger partial charge in [0.05, 0.1) is 28.8 Å². The molecular weight excluding hydrogens is 635 g/mol. The van der Waals surface area contributed by atoms with Crippen molar-refractivity contribution in [1.82, 2.24) is 5.32 Å². The monoisotopic (exact) mass is 650 g/mol. The zero-order chi connectivity index (χ0) is 21.7. The van der Waals surface area contributed by atoms with Crippen molar-refractivity contribution in [3.8, 4) is 5.75 Å². The predicted octanol–water partition coefficient (Wildman–Crippen LogP) is 4.41. The Morgan fingerprint density at radius 2 is 1.93 bits per heavy atom. The summed E-state index contributed by atoms with van der Waals surface area (Å²) in [6.45, 7) is 0.671. The molecule has 2 aromatic carbocycles. The maximum absolute atomic E-state index is 12.4. The van der Waals surface area contributed by atoms with Gasteiger partial charge in [-0.05, 0) is 96.4 Å². The number of hydrogen-bond acceptors (Lipinski definition) is 5.